The Kier molecular flexibility index (Phi) is 7.25. The van der Waals surface area contributed by atoms with E-state index in [1.165, 1.54) is 7.11 Å². The summed E-state index contributed by atoms with van der Waals surface area (Å²) in [7, 11) is 1.34. The second-order valence-electron chi connectivity index (χ2n) is 6.07. The molecule has 2 rings (SSSR count). The number of carbonyl (C=O) groups excluding carboxylic acids is 3. The fraction of sp³-hybridized carbons (Fsp3) is 0.500. The Morgan fingerprint density at radius 3 is 2.68 bits per heavy atom. The van der Waals surface area contributed by atoms with Gasteiger partial charge in [0.1, 0.15) is 0 Å². The largest absolute Gasteiger partial charge is 0.469 e. The van der Waals surface area contributed by atoms with Gasteiger partial charge in [-0.2, -0.15) is 0 Å². The molecule has 0 saturated carbocycles. The van der Waals surface area contributed by atoms with Crippen LogP contribution in [0.25, 0.3) is 0 Å². The van der Waals surface area contributed by atoms with Crippen molar-refractivity contribution >= 4 is 29.4 Å². The van der Waals surface area contributed by atoms with Gasteiger partial charge < -0.3 is 15.0 Å². The lowest BCUT2D eigenvalue weighted by Gasteiger charge is -2.32. The van der Waals surface area contributed by atoms with Gasteiger partial charge in [0.25, 0.3) is 5.91 Å². The van der Waals surface area contributed by atoms with Gasteiger partial charge in [-0.3, -0.25) is 14.4 Å². The maximum atomic E-state index is 12.5. The van der Waals surface area contributed by atoms with Crippen LogP contribution in [0.15, 0.2) is 24.3 Å². The van der Waals surface area contributed by atoms with Crippen LogP contribution >= 0.6 is 11.6 Å². The molecule has 7 heteroatoms. The molecule has 1 atom stereocenters. The molecule has 0 aromatic heterocycles. The maximum absolute atomic E-state index is 12.5. The SMILES string of the molecule is COC(=O)CCCNC(=O)C1CCCN(C(=O)c2ccc(Cl)cc2)C1. The molecule has 0 aliphatic carbocycles. The van der Waals surface area contributed by atoms with Gasteiger partial charge in [0.15, 0.2) is 0 Å². The van der Waals surface area contributed by atoms with Crippen molar-refractivity contribution in [2.24, 2.45) is 5.92 Å². The zero-order valence-corrected chi connectivity index (χ0v) is 15.1. The highest BCUT2D eigenvalue weighted by atomic mass is 35.5. The van der Waals surface area contributed by atoms with Gasteiger partial charge in [0.05, 0.1) is 13.0 Å². The van der Waals surface area contributed by atoms with E-state index in [2.05, 4.69) is 10.1 Å². The minimum atomic E-state index is -0.286. The molecule has 0 radical (unpaired) electrons. The van der Waals surface area contributed by atoms with E-state index in [1.54, 1.807) is 29.2 Å². The van der Waals surface area contributed by atoms with E-state index in [4.69, 9.17) is 11.6 Å². The summed E-state index contributed by atoms with van der Waals surface area (Å²) in [6.07, 6.45) is 2.37. The van der Waals surface area contributed by atoms with Crippen molar-refractivity contribution in [3.05, 3.63) is 34.9 Å². The Bertz CT molecular complexity index is 618. The molecule has 6 nitrogen and oxygen atoms in total. The molecule has 1 aliphatic rings. The predicted molar refractivity (Wildman–Crippen MR) is 94.3 cm³/mol. The number of piperidine rings is 1. The van der Waals surface area contributed by atoms with Gasteiger partial charge in [-0.25, -0.2) is 0 Å². The molecule has 136 valence electrons. The smallest absolute Gasteiger partial charge is 0.305 e. The van der Waals surface area contributed by atoms with Gasteiger partial charge in [0.2, 0.25) is 5.91 Å². The first kappa shape index (κ1) is 19.2. The fourth-order valence-corrected chi connectivity index (χ4v) is 2.97. The molecule has 1 N–H and O–H groups in total. The van der Waals surface area contributed by atoms with Crippen molar-refractivity contribution in [3.63, 3.8) is 0 Å². The van der Waals surface area contributed by atoms with Crippen LogP contribution in [-0.4, -0.2) is 49.4 Å². The molecular formula is C18H23ClN2O4. The summed E-state index contributed by atoms with van der Waals surface area (Å²) >= 11 is 5.85. The molecule has 1 aliphatic heterocycles. The van der Waals surface area contributed by atoms with Crippen molar-refractivity contribution < 1.29 is 19.1 Å². The Balaban J connectivity index is 1.83. The van der Waals surface area contributed by atoms with Crippen molar-refractivity contribution in [3.8, 4) is 0 Å². The van der Waals surface area contributed by atoms with E-state index in [-0.39, 0.29) is 30.1 Å². The number of hydrogen-bond acceptors (Lipinski definition) is 4. The van der Waals surface area contributed by atoms with E-state index >= 15 is 0 Å². The third kappa shape index (κ3) is 5.74. The predicted octanol–water partition coefficient (Wildman–Crippen LogP) is 2.26. The maximum Gasteiger partial charge on any atom is 0.305 e. The topological polar surface area (TPSA) is 75.7 Å². The number of hydrogen-bond donors (Lipinski definition) is 1. The standard InChI is InChI=1S/C18H23ClN2O4/c1-25-16(22)5-2-10-20-17(23)14-4-3-11-21(12-14)18(24)13-6-8-15(19)9-7-13/h6-9,14H,2-5,10-12H2,1H3,(H,20,23). The van der Waals surface area contributed by atoms with E-state index in [0.717, 1.165) is 12.8 Å². The average Bonchev–Trinajstić information content (AvgIpc) is 2.65. The number of nitrogens with one attached hydrogen (secondary N) is 1. The highest BCUT2D eigenvalue weighted by molar-refractivity contribution is 6.30. The number of ether oxygens (including phenoxy) is 1. The minimum absolute atomic E-state index is 0.0709. The van der Waals surface area contributed by atoms with Crippen molar-refractivity contribution in [1.29, 1.82) is 0 Å². The monoisotopic (exact) mass is 366 g/mol. The van der Waals surface area contributed by atoms with E-state index in [0.29, 0.717) is 36.6 Å². The summed E-state index contributed by atoms with van der Waals surface area (Å²) in [6, 6.07) is 6.76. The molecule has 0 bridgehead atoms. The molecule has 1 aromatic rings. The lowest BCUT2D eigenvalue weighted by Crippen LogP contribution is -2.45. The van der Waals surface area contributed by atoms with Crippen LogP contribution in [0.1, 0.15) is 36.0 Å². The highest BCUT2D eigenvalue weighted by Crippen LogP contribution is 2.20. The van der Waals surface area contributed by atoms with E-state index < -0.39 is 0 Å². The summed E-state index contributed by atoms with van der Waals surface area (Å²) in [5.74, 6) is -0.659. The number of esters is 1. The second-order valence-corrected chi connectivity index (χ2v) is 6.50. The fourth-order valence-electron chi connectivity index (χ4n) is 2.84. The third-order valence-corrected chi connectivity index (χ3v) is 4.51. The Morgan fingerprint density at radius 2 is 2.00 bits per heavy atom. The van der Waals surface area contributed by atoms with Gasteiger partial charge >= 0.3 is 5.97 Å². The van der Waals surface area contributed by atoms with E-state index in [1.807, 2.05) is 0 Å². The number of methoxy groups -OCH3 is 1. The first-order valence-electron chi connectivity index (χ1n) is 8.40. The zero-order chi connectivity index (χ0) is 18.2. The molecule has 0 spiro atoms. The normalized spacial score (nSPS) is 17.0. The van der Waals surface area contributed by atoms with E-state index in [9.17, 15) is 14.4 Å². The quantitative estimate of drug-likeness (QED) is 0.619. The summed E-state index contributed by atoms with van der Waals surface area (Å²) in [6.45, 7) is 1.48. The summed E-state index contributed by atoms with van der Waals surface area (Å²) in [5, 5.41) is 3.42. The molecule has 1 unspecified atom stereocenters. The van der Waals surface area contributed by atoms with Crippen LogP contribution in [0, 0.1) is 5.92 Å². The molecular weight excluding hydrogens is 344 g/mol. The molecule has 1 heterocycles. The minimum Gasteiger partial charge on any atom is -0.469 e. The van der Waals surface area contributed by atoms with Crippen molar-refractivity contribution in [1.82, 2.24) is 10.2 Å². The highest BCUT2D eigenvalue weighted by Gasteiger charge is 2.28. The van der Waals surface area contributed by atoms with Crippen molar-refractivity contribution in [2.45, 2.75) is 25.7 Å². The first-order chi connectivity index (χ1) is 12.0. The average molecular weight is 367 g/mol. The summed E-state index contributed by atoms with van der Waals surface area (Å²) in [4.78, 5) is 37.6. The number of likely N-dealkylation sites (tertiary alicyclic amines) is 1. The van der Waals surface area contributed by atoms with Crippen LogP contribution in [0.3, 0.4) is 0 Å². The third-order valence-electron chi connectivity index (χ3n) is 4.26. The Labute approximate surface area is 152 Å². The summed E-state index contributed by atoms with van der Waals surface area (Å²) in [5.41, 5.74) is 0.573. The number of halogens is 1. The first-order valence-corrected chi connectivity index (χ1v) is 8.78. The molecule has 2 amide bonds. The van der Waals surface area contributed by atoms with Gasteiger partial charge in [-0.05, 0) is 43.5 Å². The molecule has 25 heavy (non-hydrogen) atoms. The second kappa shape index (κ2) is 9.42. The van der Waals surface area contributed by atoms with Crippen LogP contribution in [0.2, 0.25) is 5.02 Å². The summed E-state index contributed by atoms with van der Waals surface area (Å²) < 4.78 is 4.56. The Hall–Kier alpha value is -2.08. The van der Waals surface area contributed by atoms with Gasteiger partial charge in [0, 0.05) is 36.6 Å². The number of amides is 2. The lowest BCUT2D eigenvalue weighted by molar-refractivity contribution is -0.140. The number of nitrogens with zero attached hydrogens (tertiary/aromatic N) is 1. The molecule has 1 fully saturated rings. The lowest BCUT2D eigenvalue weighted by atomic mass is 9.96. The van der Waals surface area contributed by atoms with Crippen LogP contribution in [0.4, 0.5) is 0 Å². The van der Waals surface area contributed by atoms with Gasteiger partial charge in [-0.15, -0.1) is 0 Å². The number of rotatable bonds is 6. The molecule has 1 aromatic carbocycles. The number of carbonyl (C=O) groups is 3. The zero-order valence-electron chi connectivity index (χ0n) is 14.3. The molecule has 1 saturated heterocycles. The Morgan fingerprint density at radius 1 is 1.28 bits per heavy atom. The van der Waals surface area contributed by atoms with Crippen molar-refractivity contribution in [2.75, 3.05) is 26.7 Å². The van der Waals surface area contributed by atoms with Crippen LogP contribution in [-0.2, 0) is 14.3 Å². The van der Waals surface area contributed by atoms with Gasteiger partial charge in [-0.1, -0.05) is 11.6 Å². The van der Waals surface area contributed by atoms with Crippen LogP contribution in [0.5, 0.6) is 0 Å². The number of benzene rings is 1. The van der Waals surface area contributed by atoms with Crippen LogP contribution < -0.4 is 5.32 Å².